The Labute approximate surface area is 103 Å². The number of oxime groups is 1. The maximum Gasteiger partial charge on any atom is 0.224 e. The van der Waals surface area contributed by atoms with Crippen LogP contribution in [0, 0.1) is 11.7 Å². The predicted molar refractivity (Wildman–Crippen MR) is 64.9 cm³/mol. The minimum atomic E-state index is -0.608. The topological polar surface area (TPSA) is 87.7 Å². The Balaban J connectivity index is 2.06. The first-order valence-electron chi connectivity index (χ1n) is 5.67. The average Bonchev–Trinajstić information content (AvgIpc) is 3.14. The van der Waals surface area contributed by atoms with Crippen molar-refractivity contribution < 1.29 is 14.4 Å². The number of nitrogens with one attached hydrogen (secondary N) is 1. The summed E-state index contributed by atoms with van der Waals surface area (Å²) in [5.74, 6) is -0.523. The fraction of sp³-hybridized carbons (Fsp3) is 0.333. The second kappa shape index (κ2) is 5.03. The molecule has 0 radical (unpaired) electrons. The Morgan fingerprint density at radius 1 is 1.56 bits per heavy atom. The van der Waals surface area contributed by atoms with Gasteiger partial charge in [0.1, 0.15) is 5.82 Å². The number of carbonyl (C=O) groups excluding carboxylic acids is 1. The smallest absolute Gasteiger partial charge is 0.224 e. The molecule has 5 nitrogen and oxygen atoms in total. The summed E-state index contributed by atoms with van der Waals surface area (Å²) < 4.78 is 13.7. The molecule has 1 aliphatic carbocycles. The molecule has 2 rings (SSSR count). The molecule has 0 atom stereocenters. The molecule has 18 heavy (non-hydrogen) atoms. The molecule has 0 heterocycles. The lowest BCUT2D eigenvalue weighted by atomic mass is 10.1. The van der Waals surface area contributed by atoms with E-state index < -0.39 is 5.82 Å². The Kier molecular flexibility index (Phi) is 3.45. The lowest BCUT2D eigenvalue weighted by Gasteiger charge is -2.07. The van der Waals surface area contributed by atoms with Gasteiger partial charge in [-0.1, -0.05) is 5.16 Å². The Morgan fingerprint density at radius 2 is 2.28 bits per heavy atom. The van der Waals surface area contributed by atoms with Crippen molar-refractivity contribution >= 4 is 17.4 Å². The van der Waals surface area contributed by atoms with E-state index in [2.05, 4.69) is 10.5 Å². The number of rotatable bonds is 4. The highest BCUT2D eigenvalue weighted by Gasteiger charge is 2.24. The van der Waals surface area contributed by atoms with E-state index in [0.717, 1.165) is 18.9 Å². The summed E-state index contributed by atoms with van der Waals surface area (Å²) in [6.45, 7) is 0. The molecular weight excluding hydrogens is 237 g/mol. The van der Waals surface area contributed by atoms with Gasteiger partial charge in [0.2, 0.25) is 5.91 Å². The van der Waals surface area contributed by atoms with E-state index in [1.54, 1.807) is 0 Å². The molecule has 1 amide bonds. The summed E-state index contributed by atoms with van der Waals surface area (Å²) in [5, 5.41) is 13.8. The van der Waals surface area contributed by atoms with Crippen LogP contribution in [0.5, 0.6) is 0 Å². The van der Waals surface area contributed by atoms with Crippen LogP contribution < -0.4 is 11.1 Å². The molecule has 4 N–H and O–H groups in total. The lowest BCUT2D eigenvalue weighted by Crippen LogP contribution is -2.15. The molecule has 0 bridgehead atoms. The van der Waals surface area contributed by atoms with Crippen LogP contribution in [0.4, 0.5) is 10.1 Å². The standard InChI is InChI=1S/C12H14FN3O2/c13-9-6-8(12(14)16-18)3-4-10(9)15-11(17)5-7-1-2-7/h3-4,6-7,18H,1-2,5H2,(H2,14,16)(H,15,17). The zero-order valence-corrected chi connectivity index (χ0v) is 9.69. The van der Waals surface area contributed by atoms with Gasteiger partial charge < -0.3 is 16.3 Å². The first-order valence-corrected chi connectivity index (χ1v) is 5.67. The van der Waals surface area contributed by atoms with Crippen LogP contribution >= 0.6 is 0 Å². The third kappa shape index (κ3) is 2.97. The number of amidine groups is 1. The number of anilines is 1. The van der Waals surface area contributed by atoms with Crippen LogP contribution in [0.15, 0.2) is 23.4 Å². The van der Waals surface area contributed by atoms with Crippen molar-refractivity contribution in [2.24, 2.45) is 16.8 Å². The fourth-order valence-corrected chi connectivity index (χ4v) is 1.62. The number of hydrogen-bond donors (Lipinski definition) is 3. The molecule has 0 spiro atoms. The molecule has 96 valence electrons. The van der Waals surface area contributed by atoms with Crippen molar-refractivity contribution in [2.75, 3.05) is 5.32 Å². The monoisotopic (exact) mass is 251 g/mol. The number of hydrogen-bond acceptors (Lipinski definition) is 3. The summed E-state index contributed by atoms with van der Waals surface area (Å²) in [4.78, 5) is 11.5. The zero-order valence-electron chi connectivity index (χ0n) is 9.69. The van der Waals surface area contributed by atoms with Crippen LogP contribution in [0.2, 0.25) is 0 Å². The van der Waals surface area contributed by atoms with Gasteiger partial charge in [0.25, 0.3) is 0 Å². The largest absolute Gasteiger partial charge is 0.409 e. The summed E-state index contributed by atoms with van der Waals surface area (Å²) in [5.41, 5.74) is 5.70. The zero-order chi connectivity index (χ0) is 13.1. The van der Waals surface area contributed by atoms with Crippen molar-refractivity contribution in [3.05, 3.63) is 29.6 Å². The van der Waals surface area contributed by atoms with Gasteiger partial charge in [-0.3, -0.25) is 4.79 Å². The Hall–Kier alpha value is -2.11. The molecule has 1 aromatic carbocycles. The number of carbonyl (C=O) groups is 1. The number of benzene rings is 1. The van der Waals surface area contributed by atoms with Crippen LogP contribution in [0.25, 0.3) is 0 Å². The molecule has 0 aliphatic heterocycles. The van der Waals surface area contributed by atoms with E-state index >= 15 is 0 Å². The number of nitrogens with zero attached hydrogens (tertiary/aromatic N) is 1. The molecule has 6 heteroatoms. The summed E-state index contributed by atoms with van der Waals surface area (Å²) in [6.07, 6.45) is 2.57. The van der Waals surface area contributed by atoms with Gasteiger partial charge in [-0.15, -0.1) is 0 Å². The highest BCUT2D eigenvalue weighted by Crippen LogP contribution is 2.32. The second-order valence-corrected chi connectivity index (χ2v) is 4.38. The van der Waals surface area contributed by atoms with Gasteiger partial charge in [-0.2, -0.15) is 0 Å². The number of nitrogens with two attached hydrogens (primary N) is 1. The molecule has 1 saturated carbocycles. The third-order valence-electron chi connectivity index (χ3n) is 2.82. The maximum absolute atomic E-state index is 13.7. The van der Waals surface area contributed by atoms with Gasteiger partial charge in [0, 0.05) is 12.0 Å². The fourth-order valence-electron chi connectivity index (χ4n) is 1.62. The molecule has 0 aromatic heterocycles. The number of amides is 1. The second-order valence-electron chi connectivity index (χ2n) is 4.38. The number of halogens is 1. The predicted octanol–water partition coefficient (Wildman–Crippen LogP) is 1.66. The minimum Gasteiger partial charge on any atom is -0.409 e. The van der Waals surface area contributed by atoms with Gasteiger partial charge in [0.15, 0.2) is 5.84 Å². The van der Waals surface area contributed by atoms with Crippen LogP contribution in [0.1, 0.15) is 24.8 Å². The summed E-state index contributed by atoms with van der Waals surface area (Å²) in [6, 6.07) is 3.99. The van der Waals surface area contributed by atoms with E-state index in [9.17, 15) is 9.18 Å². The van der Waals surface area contributed by atoms with E-state index in [0.29, 0.717) is 12.3 Å². The molecular formula is C12H14FN3O2. The first-order chi connectivity index (χ1) is 8.60. The van der Waals surface area contributed by atoms with E-state index in [1.807, 2.05) is 0 Å². The quantitative estimate of drug-likeness (QED) is 0.329. The SMILES string of the molecule is N/C(=N/O)c1ccc(NC(=O)CC2CC2)c(F)c1. The van der Waals surface area contributed by atoms with Gasteiger partial charge in [-0.25, -0.2) is 4.39 Å². The van der Waals surface area contributed by atoms with Gasteiger partial charge in [0.05, 0.1) is 5.69 Å². The minimum absolute atomic E-state index is 0.107. The summed E-state index contributed by atoms with van der Waals surface area (Å²) in [7, 11) is 0. The molecule has 0 saturated heterocycles. The first kappa shape index (κ1) is 12.3. The van der Waals surface area contributed by atoms with Gasteiger partial charge in [-0.05, 0) is 37.0 Å². The van der Waals surface area contributed by atoms with E-state index in [-0.39, 0.29) is 23.0 Å². The molecule has 1 fully saturated rings. The average molecular weight is 251 g/mol. The third-order valence-corrected chi connectivity index (χ3v) is 2.82. The van der Waals surface area contributed by atoms with E-state index in [4.69, 9.17) is 10.9 Å². The molecule has 0 unspecified atom stereocenters. The van der Waals surface area contributed by atoms with E-state index in [1.165, 1.54) is 12.1 Å². The van der Waals surface area contributed by atoms with Gasteiger partial charge >= 0.3 is 0 Å². The normalized spacial score (nSPS) is 15.5. The van der Waals surface area contributed by atoms with Crippen molar-refractivity contribution in [1.29, 1.82) is 0 Å². The van der Waals surface area contributed by atoms with Crippen LogP contribution in [0.3, 0.4) is 0 Å². The summed E-state index contributed by atoms with van der Waals surface area (Å²) >= 11 is 0. The van der Waals surface area contributed by atoms with Crippen molar-refractivity contribution in [3.8, 4) is 0 Å². The van der Waals surface area contributed by atoms with Crippen LogP contribution in [-0.2, 0) is 4.79 Å². The maximum atomic E-state index is 13.7. The van der Waals surface area contributed by atoms with Crippen LogP contribution in [-0.4, -0.2) is 17.0 Å². The van der Waals surface area contributed by atoms with Crippen molar-refractivity contribution in [3.63, 3.8) is 0 Å². The van der Waals surface area contributed by atoms with Crippen molar-refractivity contribution in [2.45, 2.75) is 19.3 Å². The Bertz CT molecular complexity index is 498. The van der Waals surface area contributed by atoms with Crippen molar-refractivity contribution in [1.82, 2.24) is 0 Å². The Morgan fingerprint density at radius 3 is 2.83 bits per heavy atom. The lowest BCUT2D eigenvalue weighted by molar-refractivity contribution is -0.116. The molecule has 1 aromatic rings. The highest BCUT2D eigenvalue weighted by atomic mass is 19.1. The molecule has 1 aliphatic rings. The highest BCUT2D eigenvalue weighted by molar-refractivity contribution is 5.98.